The van der Waals surface area contributed by atoms with E-state index in [4.69, 9.17) is 20.7 Å². The quantitative estimate of drug-likeness (QED) is 0.485. The van der Waals surface area contributed by atoms with Crippen molar-refractivity contribution in [1.29, 1.82) is 0 Å². The number of hydrogen-bond acceptors (Lipinski definition) is 4. The van der Waals surface area contributed by atoms with Crippen LogP contribution in [0.25, 0.3) is 0 Å². The SMILES string of the molecule is CN(C)C.NCCCO.O=CO. The molecule has 12 heavy (non-hydrogen) atoms. The third kappa shape index (κ3) is 358. The number of aliphatic hydroxyl groups excluding tert-OH is 1. The third-order valence-corrected chi connectivity index (χ3v) is 0.362. The Hall–Kier alpha value is -0.650. The topological polar surface area (TPSA) is 86.8 Å². The summed E-state index contributed by atoms with van der Waals surface area (Å²) in [6.07, 6.45) is 0.722. The van der Waals surface area contributed by atoms with Crippen LogP contribution in [-0.4, -0.2) is 55.9 Å². The van der Waals surface area contributed by atoms with E-state index < -0.39 is 0 Å². The minimum Gasteiger partial charge on any atom is -0.483 e. The molecule has 0 rings (SSSR count). The fraction of sp³-hybridized carbons (Fsp3) is 0.857. The number of nitrogens with two attached hydrogens (primary N) is 1. The van der Waals surface area contributed by atoms with Gasteiger partial charge in [0.1, 0.15) is 0 Å². The molecule has 0 bridgehead atoms. The number of carboxylic acid groups (broad SMARTS) is 1. The van der Waals surface area contributed by atoms with E-state index >= 15 is 0 Å². The van der Waals surface area contributed by atoms with Crippen LogP contribution < -0.4 is 5.73 Å². The Labute approximate surface area is 73.8 Å². The van der Waals surface area contributed by atoms with E-state index in [1.807, 2.05) is 26.0 Å². The van der Waals surface area contributed by atoms with Gasteiger partial charge in [-0.25, -0.2) is 0 Å². The predicted molar refractivity (Wildman–Crippen MR) is 49.1 cm³/mol. The minimum atomic E-state index is -0.250. The van der Waals surface area contributed by atoms with Crippen LogP contribution in [0.2, 0.25) is 0 Å². The van der Waals surface area contributed by atoms with Crippen LogP contribution >= 0.6 is 0 Å². The van der Waals surface area contributed by atoms with Gasteiger partial charge in [-0.1, -0.05) is 0 Å². The van der Waals surface area contributed by atoms with Crippen molar-refractivity contribution in [2.45, 2.75) is 6.42 Å². The van der Waals surface area contributed by atoms with Crippen LogP contribution in [0.5, 0.6) is 0 Å². The largest absolute Gasteiger partial charge is 0.483 e. The first kappa shape index (κ1) is 17.4. The highest BCUT2D eigenvalue weighted by molar-refractivity contribution is 5.32. The maximum atomic E-state index is 8.36. The Morgan fingerprint density at radius 3 is 1.67 bits per heavy atom. The Balaban J connectivity index is -0.000000105. The first-order chi connectivity index (χ1) is 5.56. The molecule has 76 valence electrons. The normalized spacial score (nSPS) is 7.50. The lowest BCUT2D eigenvalue weighted by Gasteiger charge is -1.90. The van der Waals surface area contributed by atoms with E-state index in [2.05, 4.69) is 0 Å². The summed E-state index contributed by atoms with van der Waals surface area (Å²) in [5.41, 5.74) is 4.98. The van der Waals surface area contributed by atoms with Crippen molar-refractivity contribution in [3.05, 3.63) is 0 Å². The molecule has 0 unspecified atom stereocenters. The molecule has 0 aliphatic heterocycles. The molecule has 0 saturated heterocycles. The highest BCUT2D eigenvalue weighted by atomic mass is 16.3. The molecule has 0 saturated carbocycles. The Morgan fingerprint density at radius 2 is 1.67 bits per heavy atom. The van der Waals surface area contributed by atoms with Gasteiger partial charge in [0.25, 0.3) is 6.47 Å². The van der Waals surface area contributed by atoms with E-state index in [-0.39, 0.29) is 13.1 Å². The molecular weight excluding hydrogens is 160 g/mol. The van der Waals surface area contributed by atoms with Crippen molar-refractivity contribution in [1.82, 2.24) is 4.90 Å². The van der Waals surface area contributed by atoms with E-state index in [0.717, 1.165) is 6.42 Å². The monoisotopic (exact) mass is 180 g/mol. The van der Waals surface area contributed by atoms with E-state index in [9.17, 15) is 0 Å². The molecule has 0 aromatic heterocycles. The standard InChI is InChI=1S/C3H9NO.C3H9N.CH2O2/c4-2-1-3-5;1-4(2)3;2-1-3/h5H,1-4H2;1-3H3;1H,(H,2,3). The first-order valence-corrected chi connectivity index (χ1v) is 3.56. The highest BCUT2D eigenvalue weighted by Gasteiger charge is 1.69. The fourth-order valence-corrected chi connectivity index (χ4v) is 0.0913. The lowest BCUT2D eigenvalue weighted by Crippen LogP contribution is -1.99. The maximum absolute atomic E-state index is 8.36. The Kier molecular flexibility index (Phi) is 32.6. The summed E-state index contributed by atoms with van der Waals surface area (Å²) in [4.78, 5) is 10.4. The molecule has 0 aromatic carbocycles. The zero-order valence-corrected chi connectivity index (χ0v) is 8.03. The van der Waals surface area contributed by atoms with Gasteiger partial charge < -0.3 is 20.8 Å². The van der Waals surface area contributed by atoms with Crippen molar-refractivity contribution in [3.8, 4) is 0 Å². The lowest BCUT2D eigenvalue weighted by atomic mass is 10.5. The van der Waals surface area contributed by atoms with Crippen LogP contribution in [0, 0.1) is 0 Å². The molecule has 0 aliphatic rings. The van der Waals surface area contributed by atoms with Gasteiger partial charge in [-0.15, -0.1) is 0 Å². The van der Waals surface area contributed by atoms with E-state index in [0.29, 0.717) is 6.54 Å². The van der Waals surface area contributed by atoms with Crippen LogP contribution in [0.4, 0.5) is 0 Å². The second-order valence-electron chi connectivity index (χ2n) is 2.31. The van der Waals surface area contributed by atoms with Gasteiger partial charge in [-0.3, -0.25) is 4.79 Å². The molecular formula is C7H20N2O3. The van der Waals surface area contributed by atoms with Crippen molar-refractivity contribution in [3.63, 3.8) is 0 Å². The molecule has 0 fully saturated rings. The maximum Gasteiger partial charge on any atom is 0.290 e. The van der Waals surface area contributed by atoms with E-state index in [1.165, 1.54) is 0 Å². The molecule has 5 nitrogen and oxygen atoms in total. The number of rotatable bonds is 2. The summed E-state index contributed by atoms with van der Waals surface area (Å²) in [5, 5.41) is 14.9. The number of aliphatic hydroxyl groups is 1. The highest BCUT2D eigenvalue weighted by Crippen LogP contribution is 1.62. The molecule has 0 spiro atoms. The third-order valence-electron chi connectivity index (χ3n) is 0.362. The zero-order chi connectivity index (χ0) is 10.4. The average Bonchev–Trinajstić information content (AvgIpc) is 1.89. The second kappa shape index (κ2) is 22.4. The van der Waals surface area contributed by atoms with Crippen molar-refractivity contribution in [2.75, 3.05) is 34.3 Å². The smallest absolute Gasteiger partial charge is 0.290 e. The van der Waals surface area contributed by atoms with Gasteiger partial charge >= 0.3 is 0 Å². The summed E-state index contributed by atoms with van der Waals surface area (Å²) >= 11 is 0. The molecule has 5 heteroatoms. The van der Waals surface area contributed by atoms with Crippen LogP contribution in [0.3, 0.4) is 0 Å². The summed E-state index contributed by atoms with van der Waals surface area (Å²) in [6, 6.07) is 0. The van der Waals surface area contributed by atoms with Crippen molar-refractivity contribution in [2.24, 2.45) is 5.73 Å². The first-order valence-electron chi connectivity index (χ1n) is 3.56. The minimum absolute atomic E-state index is 0.219. The fourth-order valence-electron chi connectivity index (χ4n) is 0.0913. The zero-order valence-electron chi connectivity index (χ0n) is 8.03. The molecule has 0 atom stereocenters. The Morgan fingerprint density at radius 1 is 1.42 bits per heavy atom. The number of nitrogens with zero attached hydrogens (tertiary/aromatic N) is 1. The van der Waals surface area contributed by atoms with Crippen molar-refractivity contribution < 1.29 is 15.0 Å². The molecule has 0 radical (unpaired) electrons. The van der Waals surface area contributed by atoms with Gasteiger partial charge in [0, 0.05) is 6.61 Å². The molecule has 4 N–H and O–H groups in total. The van der Waals surface area contributed by atoms with Crippen molar-refractivity contribution >= 4 is 6.47 Å². The Bertz CT molecular complexity index is 64.9. The predicted octanol–water partition coefficient (Wildman–Crippen LogP) is -0.794. The summed E-state index contributed by atoms with van der Waals surface area (Å²) < 4.78 is 0. The summed E-state index contributed by atoms with van der Waals surface area (Å²) in [5.74, 6) is 0. The summed E-state index contributed by atoms with van der Waals surface area (Å²) in [6.45, 7) is 0.562. The van der Waals surface area contributed by atoms with Gasteiger partial charge in [-0.05, 0) is 34.1 Å². The number of hydrogen-bond donors (Lipinski definition) is 3. The van der Waals surface area contributed by atoms with Crippen LogP contribution in [0.1, 0.15) is 6.42 Å². The van der Waals surface area contributed by atoms with Gasteiger partial charge in [-0.2, -0.15) is 0 Å². The molecule has 0 heterocycles. The lowest BCUT2D eigenvalue weighted by molar-refractivity contribution is -0.122. The average molecular weight is 180 g/mol. The summed E-state index contributed by atoms with van der Waals surface area (Å²) in [7, 11) is 6.00. The van der Waals surface area contributed by atoms with Crippen LogP contribution in [0.15, 0.2) is 0 Å². The second-order valence-corrected chi connectivity index (χ2v) is 2.31. The van der Waals surface area contributed by atoms with Gasteiger partial charge in [0.05, 0.1) is 0 Å². The van der Waals surface area contributed by atoms with Crippen LogP contribution in [-0.2, 0) is 4.79 Å². The van der Waals surface area contributed by atoms with Gasteiger partial charge in [0.2, 0.25) is 0 Å². The molecule has 0 aromatic rings. The van der Waals surface area contributed by atoms with Gasteiger partial charge in [0.15, 0.2) is 0 Å². The number of carbonyl (C=O) groups is 1. The van der Waals surface area contributed by atoms with E-state index in [1.54, 1.807) is 0 Å². The molecule has 0 amide bonds. The molecule has 0 aliphatic carbocycles.